The molecule has 1 aromatic heterocycles. The minimum atomic E-state index is 0.890. The molecule has 1 nitrogen and oxygen atoms in total. The Morgan fingerprint density at radius 2 is 1.69 bits per heavy atom. The van der Waals surface area contributed by atoms with E-state index in [0.29, 0.717) is 0 Å². The van der Waals surface area contributed by atoms with E-state index in [0.717, 1.165) is 11.5 Å². The summed E-state index contributed by atoms with van der Waals surface area (Å²) >= 11 is 0. The van der Waals surface area contributed by atoms with Crippen LogP contribution >= 0.6 is 0 Å². The molecule has 0 fully saturated rings. The van der Waals surface area contributed by atoms with E-state index in [1.54, 1.807) is 0 Å². The first kappa shape index (κ1) is 10.6. The highest BCUT2D eigenvalue weighted by Gasteiger charge is 2.06. The van der Waals surface area contributed by atoms with E-state index >= 15 is 0 Å². The van der Waals surface area contributed by atoms with Gasteiger partial charge in [-0.2, -0.15) is 0 Å². The van der Waals surface area contributed by atoms with Gasteiger partial charge < -0.3 is 0 Å². The third kappa shape index (κ3) is 2.80. The van der Waals surface area contributed by atoms with Gasteiger partial charge in [-0.25, -0.2) is 4.42 Å². The first-order valence-corrected chi connectivity index (χ1v) is 5.38. The van der Waals surface area contributed by atoms with Gasteiger partial charge in [0.25, 0.3) is 0 Å². The first-order valence-electron chi connectivity index (χ1n) is 5.38. The largest absolute Gasteiger partial charge is 0.353 e. The molecule has 80 valence electrons. The van der Waals surface area contributed by atoms with Crippen molar-refractivity contribution in [3.05, 3.63) is 65.1 Å². The molecule has 0 spiro atoms. The zero-order valence-electron chi connectivity index (χ0n) is 9.60. The van der Waals surface area contributed by atoms with E-state index in [1.807, 2.05) is 43.3 Å². The molecule has 2 rings (SSSR count). The molecular formula is C15H15O+. The Hall–Kier alpha value is -1.89. The summed E-state index contributed by atoms with van der Waals surface area (Å²) in [5.41, 5.74) is 2.40. The summed E-state index contributed by atoms with van der Waals surface area (Å²) in [5.74, 6) is 1.83. The lowest BCUT2D eigenvalue weighted by molar-refractivity contribution is 0.506. The maximum absolute atomic E-state index is 5.59. The average molecular weight is 211 g/mol. The van der Waals surface area contributed by atoms with Crippen LogP contribution in [-0.2, 0) is 0 Å². The lowest BCUT2D eigenvalue weighted by Gasteiger charge is -1.90. The predicted octanol–water partition coefficient (Wildman–Crippen LogP) is 4.35. The van der Waals surface area contributed by atoms with Crippen LogP contribution in [-0.4, -0.2) is 0 Å². The molecule has 0 aliphatic rings. The molecule has 1 heterocycles. The van der Waals surface area contributed by atoms with E-state index in [4.69, 9.17) is 4.42 Å². The van der Waals surface area contributed by atoms with Crippen molar-refractivity contribution in [2.75, 3.05) is 0 Å². The monoisotopic (exact) mass is 211 g/mol. The van der Waals surface area contributed by atoms with Crippen LogP contribution in [0.25, 0.3) is 12.2 Å². The molecule has 0 radical (unpaired) electrons. The van der Waals surface area contributed by atoms with Crippen molar-refractivity contribution in [3.8, 4) is 0 Å². The molecule has 0 atom stereocenters. The number of hydrogen-bond donors (Lipinski definition) is 0. The zero-order valence-corrected chi connectivity index (χ0v) is 9.60. The van der Waals surface area contributed by atoms with Crippen molar-refractivity contribution in [1.82, 2.24) is 0 Å². The van der Waals surface area contributed by atoms with Crippen molar-refractivity contribution >= 4 is 12.2 Å². The quantitative estimate of drug-likeness (QED) is 0.672. The summed E-state index contributed by atoms with van der Waals surface area (Å²) in [7, 11) is 0. The Bertz CT molecular complexity index is 478. The summed E-state index contributed by atoms with van der Waals surface area (Å²) in [6.07, 6.45) is 4.05. The SMILES string of the molecule is Cc1cc(C)[o+]c(C=Cc2ccccc2)c1. The summed E-state index contributed by atoms with van der Waals surface area (Å²) in [4.78, 5) is 0. The van der Waals surface area contributed by atoms with Crippen molar-refractivity contribution in [1.29, 1.82) is 0 Å². The normalized spacial score (nSPS) is 10.9. The molecule has 1 heteroatoms. The van der Waals surface area contributed by atoms with Crippen molar-refractivity contribution in [3.63, 3.8) is 0 Å². The Labute approximate surface area is 96.1 Å². The van der Waals surface area contributed by atoms with E-state index in [1.165, 1.54) is 11.1 Å². The number of aryl methyl sites for hydroxylation is 2. The summed E-state index contributed by atoms with van der Waals surface area (Å²) in [6.45, 7) is 4.04. The van der Waals surface area contributed by atoms with Crippen LogP contribution < -0.4 is 0 Å². The molecule has 0 aliphatic carbocycles. The van der Waals surface area contributed by atoms with Crippen LogP contribution in [0.2, 0.25) is 0 Å². The van der Waals surface area contributed by atoms with Gasteiger partial charge in [0, 0.05) is 18.2 Å². The smallest absolute Gasteiger partial charge is 0.213 e. The van der Waals surface area contributed by atoms with Crippen LogP contribution in [0.15, 0.2) is 46.9 Å². The van der Waals surface area contributed by atoms with Crippen molar-refractivity contribution in [2.45, 2.75) is 13.8 Å². The fraction of sp³-hybridized carbons (Fsp3) is 0.133. The molecule has 0 saturated carbocycles. The second-order valence-electron chi connectivity index (χ2n) is 3.89. The fourth-order valence-corrected chi connectivity index (χ4v) is 1.66. The van der Waals surface area contributed by atoms with Gasteiger partial charge in [-0.3, -0.25) is 0 Å². The minimum absolute atomic E-state index is 0.890. The number of hydrogen-bond acceptors (Lipinski definition) is 0. The van der Waals surface area contributed by atoms with E-state index in [9.17, 15) is 0 Å². The Balaban J connectivity index is 2.24. The molecule has 0 saturated heterocycles. The molecule has 0 N–H and O–H groups in total. The molecule has 0 unspecified atom stereocenters. The van der Waals surface area contributed by atoms with Crippen LogP contribution in [0, 0.1) is 13.8 Å². The van der Waals surface area contributed by atoms with Gasteiger partial charge in [0.05, 0.1) is 6.92 Å². The van der Waals surface area contributed by atoms with Gasteiger partial charge in [0.1, 0.15) is 0 Å². The summed E-state index contributed by atoms with van der Waals surface area (Å²) in [6, 6.07) is 14.3. The van der Waals surface area contributed by atoms with Crippen molar-refractivity contribution in [2.24, 2.45) is 0 Å². The van der Waals surface area contributed by atoms with Crippen LogP contribution in [0.1, 0.15) is 22.6 Å². The van der Waals surface area contributed by atoms with E-state index < -0.39 is 0 Å². The van der Waals surface area contributed by atoms with Gasteiger partial charge in [0.2, 0.25) is 0 Å². The van der Waals surface area contributed by atoms with Gasteiger partial charge in [-0.05, 0) is 24.1 Å². The predicted molar refractivity (Wildman–Crippen MR) is 68.0 cm³/mol. The standard InChI is InChI=1S/C15H15O/c1-12-10-13(2)16-15(11-12)9-8-14-6-4-3-5-7-14/h3-11H,1-2H3/q+1. The first-order chi connectivity index (χ1) is 7.74. The second-order valence-corrected chi connectivity index (χ2v) is 3.89. The van der Waals surface area contributed by atoms with E-state index in [-0.39, 0.29) is 0 Å². The van der Waals surface area contributed by atoms with Gasteiger partial charge in [0.15, 0.2) is 0 Å². The Morgan fingerprint density at radius 1 is 0.938 bits per heavy atom. The number of rotatable bonds is 2. The molecule has 0 aliphatic heterocycles. The average Bonchev–Trinajstić information content (AvgIpc) is 2.27. The highest BCUT2D eigenvalue weighted by atomic mass is 16.3. The molecular weight excluding hydrogens is 196 g/mol. The molecule has 2 aromatic rings. The maximum Gasteiger partial charge on any atom is 0.353 e. The summed E-state index contributed by atoms with van der Waals surface area (Å²) < 4.78 is 5.59. The zero-order chi connectivity index (χ0) is 11.4. The van der Waals surface area contributed by atoms with Gasteiger partial charge in [-0.15, -0.1) is 0 Å². The molecule has 0 bridgehead atoms. The minimum Gasteiger partial charge on any atom is -0.213 e. The van der Waals surface area contributed by atoms with Gasteiger partial charge >= 0.3 is 11.5 Å². The molecule has 1 aromatic carbocycles. The van der Waals surface area contributed by atoms with Gasteiger partial charge in [-0.1, -0.05) is 30.3 Å². The third-order valence-electron chi connectivity index (χ3n) is 2.32. The highest BCUT2D eigenvalue weighted by molar-refractivity contribution is 5.67. The van der Waals surface area contributed by atoms with Crippen molar-refractivity contribution < 1.29 is 4.42 Å². The topological polar surface area (TPSA) is 11.3 Å². The van der Waals surface area contributed by atoms with E-state index in [2.05, 4.69) is 25.1 Å². The lowest BCUT2D eigenvalue weighted by atomic mass is 10.2. The summed E-state index contributed by atoms with van der Waals surface area (Å²) in [5, 5.41) is 0. The Kier molecular flexibility index (Phi) is 3.16. The van der Waals surface area contributed by atoms with Crippen LogP contribution in [0.5, 0.6) is 0 Å². The lowest BCUT2D eigenvalue weighted by Crippen LogP contribution is -1.79. The Morgan fingerprint density at radius 3 is 2.38 bits per heavy atom. The molecule has 0 amide bonds. The number of benzene rings is 1. The highest BCUT2D eigenvalue weighted by Crippen LogP contribution is 2.12. The van der Waals surface area contributed by atoms with Crippen LogP contribution in [0.3, 0.4) is 0 Å². The maximum atomic E-state index is 5.59. The third-order valence-corrected chi connectivity index (χ3v) is 2.32. The van der Waals surface area contributed by atoms with Crippen LogP contribution in [0.4, 0.5) is 0 Å². The molecule has 16 heavy (non-hydrogen) atoms. The second kappa shape index (κ2) is 4.75. The fourth-order valence-electron chi connectivity index (χ4n) is 1.66.